The minimum atomic E-state index is -0.343. The molecule has 0 spiro atoms. The number of hydrogen-bond acceptors (Lipinski definition) is 4. The highest BCUT2D eigenvalue weighted by atomic mass is 32.1. The molecule has 0 aliphatic heterocycles. The largest absolute Gasteiger partial charge is 0.494 e. The molecule has 0 saturated heterocycles. The molecule has 7 heteroatoms. The normalized spacial score (nSPS) is 11.2. The molecule has 2 rings (SSSR count). The van der Waals surface area contributed by atoms with Gasteiger partial charge < -0.3 is 15.4 Å². The molecule has 0 bridgehead atoms. The van der Waals surface area contributed by atoms with E-state index < -0.39 is 0 Å². The summed E-state index contributed by atoms with van der Waals surface area (Å²) in [5.41, 5.74) is 1.57. The van der Waals surface area contributed by atoms with E-state index in [0.717, 1.165) is 6.42 Å². The maximum absolute atomic E-state index is 12.4. The van der Waals surface area contributed by atoms with Crippen LogP contribution in [0.4, 0.5) is 5.69 Å². The first kappa shape index (κ1) is 21.4. The Morgan fingerprint density at radius 3 is 2.39 bits per heavy atom. The van der Waals surface area contributed by atoms with Crippen LogP contribution in [0.2, 0.25) is 0 Å². The number of carbonyl (C=O) groups excluding carboxylic acids is 2. The summed E-state index contributed by atoms with van der Waals surface area (Å²) in [6.07, 6.45) is 0.851. The number of rotatable bonds is 7. The fourth-order valence-electron chi connectivity index (χ4n) is 2.38. The van der Waals surface area contributed by atoms with Gasteiger partial charge >= 0.3 is 0 Å². The molecule has 0 aromatic heterocycles. The van der Waals surface area contributed by atoms with Crippen LogP contribution in [-0.4, -0.2) is 29.6 Å². The van der Waals surface area contributed by atoms with Gasteiger partial charge in [0.05, 0.1) is 6.61 Å². The Balaban J connectivity index is 1.99. The van der Waals surface area contributed by atoms with Crippen molar-refractivity contribution < 1.29 is 14.3 Å². The molecule has 1 unspecified atom stereocenters. The van der Waals surface area contributed by atoms with Crippen LogP contribution < -0.4 is 20.7 Å². The summed E-state index contributed by atoms with van der Waals surface area (Å²) in [5, 5.41) is 8.62. The van der Waals surface area contributed by atoms with Gasteiger partial charge in [-0.2, -0.15) is 0 Å². The summed E-state index contributed by atoms with van der Waals surface area (Å²) in [5.74, 6) is 0.125. The van der Waals surface area contributed by atoms with Crippen LogP contribution >= 0.6 is 12.2 Å². The van der Waals surface area contributed by atoms with Crippen LogP contribution in [-0.2, 0) is 0 Å². The standard InChI is InChI=1S/C21H25N3O3S/c1-4-14(3)22-19(25)15-8-6-10-17(12-15)23-21(28)24-20(26)16-9-7-11-18(13-16)27-5-2/h6-14H,4-5H2,1-3H3,(H,22,25)(H2,23,24,26,28). The predicted molar refractivity (Wildman–Crippen MR) is 115 cm³/mol. The average Bonchev–Trinajstić information content (AvgIpc) is 2.68. The lowest BCUT2D eigenvalue weighted by Gasteiger charge is -2.13. The van der Waals surface area contributed by atoms with E-state index in [1.807, 2.05) is 20.8 Å². The van der Waals surface area contributed by atoms with E-state index in [4.69, 9.17) is 17.0 Å². The maximum atomic E-state index is 12.4. The lowest BCUT2D eigenvalue weighted by molar-refractivity contribution is 0.0937. The monoisotopic (exact) mass is 399 g/mol. The fourth-order valence-corrected chi connectivity index (χ4v) is 2.59. The highest BCUT2D eigenvalue weighted by molar-refractivity contribution is 7.80. The minimum Gasteiger partial charge on any atom is -0.494 e. The van der Waals surface area contributed by atoms with E-state index in [-0.39, 0.29) is 23.0 Å². The number of benzene rings is 2. The molecular formula is C21H25N3O3S. The van der Waals surface area contributed by atoms with Gasteiger partial charge in [-0.3, -0.25) is 14.9 Å². The zero-order valence-electron chi connectivity index (χ0n) is 16.2. The van der Waals surface area contributed by atoms with Crippen LogP contribution in [0.1, 0.15) is 47.9 Å². The van der Waals surface area contributed by atoms with Gasteiger partial charge in [0.25, 0.3) is 11.8 Å². The Labute approximate surface area is 170 Å². The second-order valence-corrected chi connectivity index (χ2v) is 6.64. The molecule has 2 aromatic rings. The third-order valence-corrected chi connectivity index (χ3v) is 4.21. The van der Waals surface area contributed by atoms with E-state index in [1.165, 1.54) is 0 Å². The van der Waals surface area contributed by atoms with E-state index in [0.29, 0.717) is 29.2 Å². The zero-order chi connectivity index (χ0) is 20.5. The summed E-state index contributed by atoms with van der Waals surface area (Å²) in [6, 6.07) is 13.9. The number of thiocarbonyl (C=S) groups is 1. The molecule has 0 fully saturated rings. The number of carbonyl (C=O) groups is 2. The van der Waals surface area contributed by atoms with E-state index >= 15 is 0 Å². The van der Waals surface area contributed by atoms with Crippen molar-refractivity contribution in [2.75, 3.05) is 11.9 Å². The lowest BCUT2D eigenvalue weighted by atomic mass is 10.1. The molecule has 148 valence electrons. The summed E-state index contributed by atoms with van der Waals surface area (Å²) < 4.78 is 5.40. The van der Waals surface area contributed by atoms with Crippen molar-refractivity contribution in [1.82, 2.24) is 10.6 Å². The Hall–Kier alpha value is -2.93. The molecule has 0 radical (unpaired) electrons. The third kappa shape index (κ3) is 6.35. The average molecular weight is 400 g/mol. The first-order chi connectivity index (χ1) is 13.4. The van der Waals surface area contributed by atoms with Crippen molar-refractivity contribution in [3.8, 4) is 5.75 Å². The van der Waals surface area contributed by atoms with Crippen molar-refractivity contribution in [1.29, 1.82) is 0 Å². The SMILES string of the molecule is CCOc1cccc(C(=O)NC(=S)Nc2cccc(C(=O)NC(C)CC)c2)c1. The van der Waals surface area contributed by atoms with Crippen LogP contribution in [0.3, 0.4) is 0 Å². The summed E-state index contributed by atoms with van der Waals surface area (Å²) in [7, 11) is 0. The quantitative estimate of drug-likeness (QED) is 0.618. The summed E-state index contributed by atoms with van der Waals surface area (Å²) in [6.45, 7) is 6.36. The molecule has 2 amide bonds. The molecule has 3 N–H and O–H groups in total. The molecule has 0 aliphatic carbocycles. The Kier molecular flexibility index (Phi) is 7.95. The number of anilines is 1. The first-order valence-electron chi connectivity index (χ1n) is 9.19. The van der Waals surface area contributed by atoms with Crippen LogP contribution in [0, 0.1) is 0 Å². The first-order valence-corrected chi connectivity index (χ1v) is 9.59. The Morgan fingerprint density at radius 1 is 1.04 bits per heavy atom. The van der Waals surface area contributed by atoms with Crippen molar-refractivity contribution >= 4 is 34.8 Å². The van der Waals surface area contributed by atoms with Crippen LogP contribution in [0.15, 0.2) is 48.5 Å². The van der Waals surface area contributed by atoms with Gasteiger partial charge in [0.2, 0.25) is 0 Å². The Bertz CT molecular complexity index is 854. The second kappa shape index (κ2) is 10.4. The van der Waals surface area contributed by atoms with Crippen molar-refractivity contribution in [3.63, 3.8) is 0 Å². The molecule has 0 heterocycles. The van der Waals surface area contributed by atoms with Gasteiger partial charge in [0, 0.05) is 22.9 Å². The molecule has 2 aromatic carbocycles. The van der Waals surface area contributed by atoms with Crippen molar-refractivity contribution in [2.24, 2.45) is 0 Å². The highest BCUT2D eigenvalue weighted by Crippen LogP contribution is 2.14. The number of hydrogen-bond donors (Lipinski definition) is 3. The van der Waals surface area contributed by atoms with E-state index in [9.17, 15) is 9.59 Å². The van der Waals surface area contributed by atoms with Gasteiger partial charge in [-0.1, -0.05) is 19.1 Å². The van der Waals surface area contributed by atoms with Crippen LogP contribution in [0.25, 0.3) is 0 Å². The molecule has 1 atom stereocenters. The fraction of sp³-hybridized carbons (Fsp3) is 0.286. The number of nitrogens with one attached hydrogen (secondary N) is 3. The molecule has 28 heavy (non-hydrogen) atoms. The molecule has 6 nitrogen and oxygen atoms in total. The molecule has 0 aliphatic rings. The lowest BCUT2D eigenvalue weighted by Crippen LogP contribution is -2.34. The highest BCUT2D eigenvalue weighted by Gasteiger charge is 2.11. The Morgan fingerprint density at radius 2 is 1.71 bits per heavy atom. The topological polar surface area (TPSA) is 79.5 Å². The summed E-state index contributed by atoms with van der Waals surface area (Å²) >= 11 is 5.22. The third-order valence-electron chi connectivity index (χ3n) is 4.01. The smallest absolute Gasteiger partial charge is 0.257 e. The van der Waals surface area contributed by atoms with Gasteiger partial charge in [0.15, 0.2) is 5.11 Å². The van der Waals surface area contributed by atoms with Gasteiger partial charge in [-0.05, 0) is 68.9 Å². The van der Waals surface area contributed by atoms with Crippen molar-refractivity contribution in [2.45, 2.75) is 33.2 Å². The summed E-state index contributed by atoms with van der Waals surface area (Å²) in [4.78, 5) is 24.6. The molecular weight excluding hydrogens is 374 g/mol. The maximum Gasteiger partial charge on any atom is 0.257 e. The van der Waals surface area contributed by atoms with Crippen LogP contribution in [0.5, 0.6) is 5.75 Å². The van der Waals surface area contributed by atoms with E-state index in [1.54, 1.807) is 48.5 Å². The number of ether oxygens (including phenoxy) is 1. The van der Waals surface area contributed by atoms with Gasteiger partial charge in [-0.15, -0.1) is 0 Å². The zero-order valence-corrected chi connectivity index (χ0v) is 17.1. The molecule has 0 saturated carbocycles. The minimum absolute atomic E-state index is 0.0944. The van der Waals surface area contributed by atoms with E-state index in [2.05, 4.69) is 16.0 Å². The van der Waals surface area contributed by atoms with Gasteiger partial charge in [-0.25, -0.2) is 0 Å². The van der Waals surface area contributed by atoms with Gasteiger partial charge in [0.1, 0.15) is 5.75 Å². The number of amides is 2. The predicted octanol–water partition coefficient (Wildman–Crippen LogP) is 3.74. The second-order valence-electron chi connectivity index (χ2n) is 6.23. The van der Waals surface area contributed by atoms with Crippen molar-refractivity contribution in [3.05, 3.63) is 59.7 Å².